The van der Waals surface area contributed by atoms with E-state index in [9.17, 15) is 4.79 Å². The molecule has 4 heterocycles. The molecule has 0 unspecified atom stereocenters. The van der Waals surface area contributed by atoms with Crippen molar-refractivity contribution in [3.63, 3.8) is 0 Å². The number of methoxy groups -OCH3 is 1. The lowest BCUT2D eigenvalue weighted by Gasteiger charge is -2.04. The average molecular weight is 452 g/mol. The molecule has 0 saturated heterocycles. The number of rotatable bonds is 5. The van der Waals surface area contributed by atoms with Gasteiger partial charge >= 0.3 is 5.63 Å². The van der Waals surface area contributed by atoms with Crippen molar-refractivity contribution >= 4 is 32.9 Å². The van der Waals surface area contributed by atoms with Crippen LogP contribution in [0.2, 0.25) is 0 Å². The second-order valence-electron chi connectivity index (χ2n) is 7.98. The normalized spacial score (nSPS) is 11.6. The molecule has 2 aromatic carbocycles. The Balaban J connectivity index is 1.57. The Morgan fingerprint density at radius 2 is 1.94 bits per heavy atom. The molecule has 0 radical (unpaired) electrons. The molecule has 8 heteroatoms. The van der Waals surface area contributed by atoms with Crippen LogP contribution < -0.4 is 10.4 Å². The highest BCUT2D eigenvalue weighted by molar-refractivity contribution is 6.18. The van der Waals surface area contributed by atoms with Crippen molar-refractivity contribution in [3.05, 3.63) is 82.6 Å². The van der Waals surface area contributed by atoms with E-state index in [-0.39, 0.29) is 6.54 Å². The summed E-state index contributed by atoms with van der Waals surface area (Å²) in [7, 11) is 1.59. The molecule has 6 rings (SSSR count). The van der Waals surface area contributed by atoms with Gasteiger partial charge in [0.2, 0.25) is 5.71 Å². The maximum absolute atomic E-state index is 13.1. The van der Waals surface area contributed by atoms with Crippen molar-refractivity contribution in [3.8, 4) is 17.2 Å². The molecule has 6 aromatic rings. The third kappa shape index (κ3) is 3.07. The first-order chi connectivity index (χ1) is 16.7. The van der Waals surface area contributed by atoms with Gasteiger partial charge in [-0.15, -0.1) is 0 Å². The lowest BCUT2D eigenvalue weighted by Crippen LogP contribution is -2.09. The Morgan fingerprint density at radius 3 is 2.79 bits per heavy atom. The van der Waals surface area contributed by atoms with Crippen molar-refractivity contribution < 1.29 is 13.7 Å². The first-order valence-electron chi connectivity index (χ1n) is 11.0. The van der Waals surface area contributed by atoms with Crippen molar-refractivity contribution in [1.82, 2.24) is 19.7 Å². The molecule has 0 aliphatic carbocycles. The first kappa shape index (κ1) is 20.2. The molecule has 4 aromatic heterocycles. The number of hydrogen-bond acceptors (Lipinski definition) is 7. The number of nitrogens with zero attached hydrogens (tertiary/aromatic N) is 4. The van der Waals surface area contributed by atoms with Gasteiger partial charge in [-0.25, -0.2) is 9.78 Å². The summed E-state index contributed by atoms with van der Waals surface area (Å²) >= 11 is 0. The Morgan fingerprint density at radius 1 is 1.06 bits per heavy atom. The monoisotopic (exact) mass is 452 g/mol. The van der Waals surface area contributed by atoms with Crippen molar-refractivity contribution in [2.75, 3.05) is 7.11 Å². The number of para-hydroxylation sites is 1. The predicted molar refractivity (Wildman–Crippen MR) is 128 cm³/mol. The fraction of sp³-hybridized carbons (Fsp3) is 0.154. The summed E-state index contributed by atoms with van der Waals surface area (Å²) in [6, 6.07) is 17.4. The number of benzene rings is 2. The first-order valence-corrected chi connectivity index (χ1v) is 11.0. The number of hydrogen-bond donors (Lipinski definition) is 0. The van der Waals surface area contributed by atoms with Gasteiger partial charge in [0.05, 0.1) is 19.2 Å². The van der Waals surface area contributed by atoms with Crippen LogP contribution >= 0.6 is 0 Å². The molecule has 0 amide bonds. The number of fused-ring (bicyclic) bond motifs is 5. The van der Waals surface area contributed by atoms with Crippen LogP contribution in [0.4, 0.5) is 0 Å². The Hall–Kier alpha value is -4.46. The highest BCUT2D eigenvalue weighted by Gasteiger charge is 2.21. The maximum atomic E-state index is 13.1. The SMILES string of the molecule is CCc1ccc2c(c1)c1c3cccnc3oc(=O)c1n2Cc1noc(-c2ccccc2OC)n1. The fourth-order valence-corrected chi connectivity index (χ4v) is 4.46. The van der Waals surface area contributed by atoms with E-state index in [0.717, 1.165) is 28.1 Å². The van der Waals surface area contributed by atoms with Crippen LogP contribution in [0.5, 0.6) is 5.75 Å². The van der Waals surface area contributed by atoms with E-state index >= 15 is 0 Å². The molecule has 0 aliphatic rings. The average Bonchev–Trinajstić information content (AvgIpc) is 3.47. The van der Waals surface area contributed by atoms with Crippen LogP contribution in [0.25, 0.3) is 44.4 Å². The number of aryl methyl sites for hydroxylation is 1. The molecule has 0 bridgehead atoms. The van der Waals surface area contributed by atoms with E-state index in [0.29, 0.717) is 34.3 Å². The second-order valence-corrected chi connectivity index (χ2v) is 7.98. The van der Waals surface area contributed by atoms with Crippen LogP contribution in [-0.4, -0.2) is 26.8 Å². The molecule has 168 valence electrons. The molecule has 34 heavy (non-hydrogen) atoms. The standard InChI is InChI=1S/C26H20N4O4/c1-3-15-10-11-19-18(13-15)22-17-8-6-12-27-24(17)33-26(31)23(22)30(19)14-21-28-25(34-29-21)16-7-4-5-9-20(16)32-2/h4-13H,3,14H2,1-2H3. The van der Waals surface area contributed by atoms with Crippen molar-refractivity contribution in [1.29, 1.82) is 0 Å². The summed E-state index contributed by atoms with van der Waals surface area (Å²) in [5.74, 6) is 1.43. The van der Waals surface area contributed by atoms with E-state index in [1.165, 1.54) is 5.56 Å². The molecule has 0 fully saturated rings. The van der Waals surface area contributed by atoms with Gasteiger partial charge < -0.3 is 18.2 Å². The summed E-state index contributed by atoms with van der Waals surface area (Å²) in [4.78, 5) is 22.0. The van der Waals surface area contributed by atoms with Gasteiger partial charge in [0.25, 0.3) is 5.89 Å². The zero-order valence-electron chi connectivity index (χ0n) is 18.6. The topological polar surface area (TPSA) is 96.2 Å². The fourth-order valence-electron chi connectivity index (χ4n) is 4.46. The number of aromatic nitrogens is 4. The minimum Gasteiger partial charge on any atom is -0.496 e. The predicted octanol–water partition coefficient (Wildman–Crippen LogP) is 4.97. The molecular weight excluding hydrogens is 432 g/mol. The Kier molecular flexibility index (Phi) is 4.65. The van der Waals surface area contributed by atoms with E-state index in [4.69, 9.17) is 13.7 Å². The van der Waals surface area contributed by atoms with E-state index in [1.807, 2.05) is 47.0 Å². The quantitative estimate of drug-likeness (QED) is 0.364. The largest absolute Gasteiger partial charge is 0.496 e. The molecule has 0 atom stereocenters. The second kappa shape index (κ2) is 7.84. The minimum absolute atomic E-state index is 0.237. The number of ether oxygens (including phenoxy) is 1. The third-order valence-electron chi connectivity index (χ3n) is 6.06. The van der Waals surface area contributed by atoms with Gasteiger partial charge in [-0.2, -0.15) is 4.98 Å². The number of pyridine rings is 1. The van der Waals surface area contributed by atoms with Gasteiger partial charge in [0.15, 0.2) is 5.82 Å². The van der Waals surface area contributed by atoms with Crippen LogP contribution in [-0.2, 0) is 13.0 Å². The smallest absolute Gasteiger partial charge is 0.362 e. The van der Waals surface area contributed by atoms with E-state index in [2.05, 4.69) is 34.2 Å². The Labute approximate surface area is 193 Å². The summed E-state index contributed by atoms with van der Waals surface area (Å²) in [5, 5.41) is 6.75. The summed E-state index contributed by atoms with van der Waals surface area (Å²) < 4.78 is 18.4. The lowest BCUT2D eigenvalue weighted by atomic mass is 10.1. The van der Waals surface area contributed by atoms with Gasteiger partial charge in [0, 0.05) is 27.9 Å². The van der Waals surface area contributed by atoms with Gasteiger partial charge in [-0.3, -0.25) is 0 Å². The summed E-state index contributed by atoms with van der Waals surface area (Å²) in [5.41, 5.74) is 3.08. The minimum atomic E-state index is -0.455. The van der Waals surface area contributed by atoms with Gasteiger partial charge in [-0.05, 0) is 48.4 Å². The van der Waals surface area contributed by atoms with Crippen molar-refractivity contribution in [2.24, 2.45) is 0 Å². The van der Waals surface area contributed by atoms with Crippen LogP contribution in [0, 0.1) is 0 Å². The van der Waals surface area contributed by atoms with Crippen LogP contribution in [0.3, 0.4) is 0 Å². The van der Waals surface area contributed by atoms with Crippen LogP contribution in [0.1, 0.15) is 18.3 Å². The van der Waals surface area contributed by atoms with Crippen LogP contribution in [0.15, 0.2) is 74.5 Å². The zero-order chi connectivity index (χ0) is 23.2. The van der Waals surface area contributed by atoms with Crippen molar-refractivity contribution in [2.45, 2.75) is 19.9 Å². The molecule has 0 spiro atoms. The third-order valence-corrected chi connectivity index (χ3v) is 6.06. The molecule has 0 N–H and O–H groups in total. The lowest BCUT2D eigenvalue weighted by molar-refractivity contribution is 0.402. The highest BCUT2D eigenvalue weighted by atomic mass is 16.5. The van der Waals surface area contributed by atoms with Gasteiger partial charge in [-0.1, -0.05) is 30.3 Å². The van der Waals surface area contributed by atoms with Gasteiger partial charge in [0.1, 0.15) is 11.3 Å². The highest BCUT2D eigenvalue weighted by Crippen LogP contribution is 2.34. The van der Waals surface area contributed by atoms with E-state index in [1.54, 1.807) is 13.3 Å². The molecule has 0 saturated carbocycles. The maximum Gasteiger partial charge on any atom is 0.362 e. The molecular formula is C26H20N4O4. The summed E-state index contributed by atoms with van der Waals surface area (Å²) in [6.45, 7) is 2.34. The molecule has 0 aliphatic heterocycles. The zero-order valence-corrected chi connectivity index (χ0v) is 18.6. The Bertz CT molecular complexity index is 1750. The molecule has 8 nitrogen and oxygen atoms in total. The summed E-state index contributed by atoms with van der Waals surface area (Å²) in [6.07, 6.45) is 2.50. The van der Waals surface area contributed by atoms with E-state index < -0.39 is 5.63 Å².